The van der Waals surface area contributed by atoms with Gasteiger partial charge in [0.05, 0.1) is 19.6 Å². The summed E-state index contributed by atoms with van der Waals surface area (Å²) in [6.45, 7) is 2.36. The summed E-state index contributed by atoms with van der Waals surface area (Å²) in [5.41, 5.74) is 1.11. The second-order valence-corrected chi connectivity index (χ2v) is 5.29. The highest BCUT2D eigenvalue weighted by molar-refractivity contribution is 5.97. The third kappa shape index (κ3) is 4.61. The molecule has 0 radical (unpaired) electrons. The van der Waals surface area contributed by atoms with Crippen molar-refractivity contribution in [2.45, 2.75) is 19.4 Å². The first kappa shape index (κ1) is 17.1. The third-order valence-electron chi connectivity index (χ3n) is 3.58. The van der Waals surface area contributed by atoms with Crippen molar-refractivity contribution in [3.05, 3.63) is 29.8 Å². The van der Waals surface area contributed by atoms with Gasteiger partial charge in [0, 0.05) is 24.3 Å². The minimum Gasteiger partial charge on any atom is -0.395 e. The minimum absolute atomic E-state index is 0.0481. The maximum absolute atomic E-state index is 12.1. The number of benzene rings is 1. The first-order valence-corrected chi connectivity index (χ1v) is 7.43. The van der Waals surface area contributed by atoms with Gasteiger partial charge in [-0.05, 0) is 31.2 Å². The fraction of sp³-hybridized carbons (Fsp3) is 0.438. The van der Waals surface area contributed by atoms with Crippen LogP contribution in [-0.4, -0.2) is 60.0 Å². The van der Waals surface area contributed by atoms with Crippen molar-refractivity contribution in [1.29, 1.82) is 0 Å². The van der Waals surface area contributed by atoms with E-state index in [0.717, 1.165) is 0 Å². The van der Waals surface area contributed by atoms with Crippen molar-refractivity contribution >= 4 is 23.3 Å². The molecule has 1 aromatic carbocycles. The third-order valence-corrected chi connectivity index (χ3v) is 3.58. The number of β-amino-alcohol motifs (C(OH)–C–C–N with tert-alkyl or cyclic N) is 1. The van der Waals surface area contributed by atoms with Gasteiger partial charge in [-0.15, -0.1) is 0 Å². The van der Waals surface area contributed by atoms with Gasteiger partial charge in [-0.2, -0.15) is 0 Å². The first-order valence-electron chi connectivity index (χ1n) is 7.43. The van der Waals surface area contributed by atoms with Crippen LogP contribution in [0.15, 0.2) is 24.3 Å². The summed E-state index contributed by atoms with van der Waals surface area (Å²) >= 11 is 0. The number of Topliss-reactive ketones (excluding diaryl/α,β-unsaturated/α-hetero) is 1. The van der Waals surface area contributed by atoms with E-state index in [-0.39, 0.29) is 37.2 Å². The minimum atomic E-state index is -0.827. The molecule has 1 aromatic rings. The molecule has 0 aromatic heterocycles. The van der Waals surface area contributed by atoms with Gasteiger partial charge in [0.25, 0.3) is 5.91 Å². The van der Waals surface area contributed by atoms with Crippen LogP contribution in [0.2, 0.25) is 0 Å². The molecule has 0 spiro atoms. The molecule has 7 heteroatoms. The molecule has 1 fully saturated rings. The average Bonchev–Trinajstić information content (AvgIpc) is 2.52. The lowest BCUT2D eigenvalue weighted by Gasteiger charge is -2.31. The topological polar surface area (TPSA) is 95.9 Å². The number of hydrogen-bond acceptors (Lipinski definition) is 5. The smallest absolute Gasteiger partial charge is 0.252 e. The Labute approximate surface area is 134 Å². The molecule has 1 aliphatic rings. The van der Waals surface area contributed by atoms with Gasteiger partial charge >= 0.3 is 0 Å². The van der Waals surface area contributed by atoms with Crippen LogP contribution in [0.1, 0.15) is 23.7 Å². The summed E-state index contributed by atoms with van der Waals surface area (Å²) in [6.07, 6.45) is -0.915. The number of carbonyl (C=O) groups excluding carboxylic acids is 3. The number of aliphatic hydroxyl groups excluding tert-OH is 1. The summed E-state index contributed by atoms with van der Waals surface area (Å²) in [5.74, 6) is -0.676. The average molecular weight is 320 g/mol. The van der Waals surface area contributed by atoms with E-state index in [0.29, 0.717) is 24.4 Å². The molecule has 23 heavy (non-hydrogen) atoms. The van der Waals surface area contributed by atoms with Gasteiger partial charge in [-0.3, -0.25) is 14.4 Å². The second kappa shape index (κ2) is 7.85. The molecule has 2 amide bonds. The molecule has 1 saturated heterocycles. The van der Waals surface area contributed by atoms with Gasteiger partial charge in [-0.25, -0.2) is 0 Å². The monoisotopic (exact) mass is 320 g/mol. The van der Waals surface area contributed by atoms with Gasteiger partial charge in [0.1, 0.15) is 6.10 Å². The number of anilines is 1. The summed E-state index contributed by atoms with van der Waals surface area (Å²) in [7, 11) is 0. The Morgan fingerprint density at radius 3 is 2.65 bits per heavy atom. The molecule has 1 heterocycles. The quantitative estimate of drug-likeness (QED) is 0.741. The standard InChI is InChI=1S/C16H20N2O5/c1-11(20)12-2-4-13(5-3-12)17-15(21)10-14-16(22)18(6-8-19)7-9-23-14/h2-5,14,19H,6-10H2,1H3,(H,17,21). The number of ether oxygens (including phenoxy) is 1. The van der Waals surface area contributed by atoms with Gasteiger partial charge < -0.3 is 20.1 Å². The molecule has 124 valence electrons. The van der Waals surface area contributed by atoms with Gasteiger partial charge in [-0.1, -0.05) is 0 Å². The molecular weight excluding hydrogens is 300 g/mol. The van der Waals surface area contributed by atoms with E-state index < -0.39 is 6.10 Å². The number of morpholine rings is 1. The van der Waals surface area contributed by atoms with Crippen molar-refractivity contribution in [3.63, 3.8) is 0 Å². The number of hydrogen-bond donors (Lipinski definition) is 2. The summed E-state index contributed by atoms with van der Waals surface area (Å²) < 4.78 is 5.35. The maximum Gasteiger partial charge on any atom is 0.252 e. The highest BCUT2D eigenvalue weighted by atomic mass is 16.5. The van der Waals surface area contributed by atoms with E-state index in [4.69, 9.17) is 9.84 Å². The summed E-state index contributed by atoms with van der Waals surface area (Å²) in [5, 5.41) is 11.6. The Morgan fingerprint density at radius 1 is 1.35 bits per heavy atom. The van der Waals surface area contributed by atoms with E-state index in [1.165, 1.54) is 11.8 Å². The maximum atomic E-state index is 12.1. The van der Waals surface area contributed by atoms with Crippen LogP contribution in [0.4, 0.5) is 5.69 Å². The van der Waals surface area contributed by atoms with Crippen LogP contribution in [0.3, 0.4) is 0 Å². The Bertz CT molecular complexity index is 583. The predicted molar refractivity (Wildman–Crippen MR) is 83.1 cm³/mol. The van der Waals surface area contributed by atoms with Crippen LogP contribution >= 0.6 is 0 Å². The van der Waals surface area contributed by atoms with E-state index in [1.807, 2.05) is 0 Å². The van der Waals surface area contributed by atoms with Crippen molar-refractivity contribution in [2.75, 3.05) is 31.6 Å². The largest absolute Gasteiger partial charge is 0.395 e. The molecule has 2 N–H and O–H groups in total. The van der Waals surface area contributed by atoms with Gasteiger partial charge in [0.15, 0.2) is 5.78 Å². The van der Waals surface area contributed by atoms with Crippen LogP contribution in [0.5, 0.6) is 0 Å². The van der Waals surface area contributed by atoms with Crippen molar-refractivity contribution in [1.82, 2.24) is 4.90 Å². The lowest BCUT2D eigenvalue weighted by molar-refractivity contribution is -0.155. The Kier molecular flexibility index (Phi) is 5.84. The Hall–Kier alpha value is -2.25. The number of nitrogens with one attached hydrogen (secondary N) is 1. The van der Waals surface area contributed by atoms with E-state index in [9.17, 15) is 14.4 Å². The van der Waals surface area contributed by atoms with Crippen molar-refractivity contribution in [3.8, 4) is 0 Å². The molecule has 0 aliphatic carbocycles. The summed E-state index contributed by atoms with van der Waals surface area (Å²) in [4.78, 5) is 36.8. The molecule has 0 bridgehead atoms. The van der Waals surface area contributed by atoms with Crippen molar-refractivity contribution < 1.29 is 24.2 Å². The van der Waals surface area contributed by atoms with E-state index >= 15 is 0 Å². The van der Waals surface area contributed by atoms with Gasteiger partial charge in [0.2, 0.25) is 5.91 Å². The number of nitrogens with zero attached hydrogens (tertiary/aromatic N) is 1. The van der Waals surface area contributed by atoms with Crippen LogP contribution in [-0.2, 0) is 14.3 Å². The normalized spacial score (nSPS) is 17.9. The predicted octanol–water partition coefficient (Wildman–Crippen LogP) is 0.438. The van der Waals surface area contributed by atoms with Crippen molar-refractivity contribution in [2.24, 2.45) is 0 Å². The lowest BCUT2D eigenvalue weighted by Crippen LogP contribution is -2.49. The zero-order valence-corrected chi connectivity index (χ0v) is 12.9. The molecule has 1 unspecified atom stereocenters. The van der Waals surface area contributed by atoms with E-state index in [2.05, 4.69) is 5.32 Å². The highest BCUT2D eigenvalue weighted by Crippen LogP contribution is 2.14. The molecule has 1 aliphatic heterocycles. The number of rotatable bonds is 6. The number of carbonyl (C=O) groups is 3. The van der Waals surface area contributed by atoms with Crippen LogP contribution in [0, 0.1) is 0 Å². The number of amides is 2. The Morgan fingerprint density at radius 2 is 2.04 bits per heavy atom. The molecule has 1 atom stereocenters. The fourth-order valence-corrected chi connectivity index (χ4v) is 2.35. The number of aliphatic hydroxyl groups is 1. The lowest BCUT2D eigenvalue weighted by atomic mass is 10.1. The summed E-state index contributed by atoms with van der Waals surface area (Å²) in [6, 6.07) is 6.53. The van der Waals surface area contributed by atoms with E-state index in [1.54, 1.807) is 24.3 Å². The molecule has 2 rings (SSSR count). The molecule has 7 nitrogen and oxygen atoms in total. The Balaban J connectivity index is 1.91. The van der Waals surface area contributed by atoms with Crippen LogP contribution < -0.4 is 5.32 Å². The second-order valence-electron chi connectivity index (χ2n) is 5.29. The first-order chi connectivity index (χ1) is 11.0. The van der Waals surface area contributed by atoms with Crippen LogP contribution in [0.25, 0.3) is 0 Å². The molecule has 0 saturated carbocycles. The number of ketones is 1. The fourth-order valence-electron chi connectivity index (χ4n) is 2.35. The highest BCUT2D eigenvalue weighted by Gasteiger charge is 2.31. The SMILES string of the molecule is CC(=O)c1ccc(NC(=O)CC2OCCN(CCO)C2=O)cc1. The molecular formula is C16H20N2O5. The zero-order chi connectivity index (χ0) is 16.8. The zero-order valence-electron chi connectivity index (χ0n) is 12.9.